The van der Waals surface area contributed by atoms with Crippen molar-refractivity contribution >= 4 is 17.5 Å². The third-order valence-electron chi connectivity index (χ3n) is 3.82. The van der Waals surface area contributed by atoms with E-state index in [0.717, 1.165) is 16.7 Å². The van der Waals surface area contributed by atoms with Gasteiger partial charge in [0.2, 0.25) is 0 Å². The van der Waals surface area contributed by atoms with Crippen molar-refractivity contribution in [3.8, 4) is 0 Å². The van der Waals surface area contributed by atoms with Crippen molar-refractivity contribution in [1.29, 1.82) is 0 Å². The summed E-state index contributed by atoms with van der Waals surface area (Å²) in [6.45, 7) is 10.5. The Bertz CT molecular complexity index is 853. The number of carbonyl (C=O) groups excluding carboxylic acids is 2. The van der Waals surface area contributed by atoms with E-state index in [4.69, 9.17) is 9.47 Å². The molecule has 0 N–H and O–H groups in total. The third-order valence-corrected chi connectivity index (χ3v) is 3.82. The Kier molecular flexibility index (Phi) is 7.38. The predicted molar refractivity (Wildman–Crippen MR) is 120 cm³/mol. The fourth-order valence-corrected chi connectivity index (χ4v) is 2.65. The predicted octanol–water partition coefficient (Wildman–Crippen LogP) is 5.73. The number of allylic oxidation sites excluding steroid dienone is 2. The van der Waals surface area contributed by atoms with E-state index in [2.05, 4.69) is 0 Å². The largest absolute Gasteiger partial charge is 0.456 e. The molecule has 4 nitrogen and oxygen atoms in total. The normalized spacial score (nSPS) is 11.3. The monoisotopic (exact) mass is 406 g/mol. The van der Waals surface area contributed by atoms with E-state index in [1.54, 1.807) is 47.6 Å². The Morgan fingerprint density at radius 3 is 1.33 bits per heavy atom. The molecule has 0 heterocycles. The van der Waals surface area contributed by atoms with Gasteiger partial charge in [-0.25, -0.2) is 9.59 Å². The molecule has 0 aliphatic heterocycles. The Morgan fingerprint density at radius 1 is 0.633 bits per heavy atom. The second-order valence-corrected chi connectivity index (χ2v) is 8.90. The van der Waals surface area contributed by atoms with Gasteiger partial charge >= 0.3 is 11.9 Å². The zero-order valence-corrected chi connectivity index (χ0v) is 18.6. The molecule has 2 rings (SSSR count). The number of benzene rings is 2. The van der Waals surface area contributed by atoms with Crippen LogP contribution in [0.3, 0.4) is 0 Å². The van der Waals surface area contributed by atoms with Crippen LogP contribution in [0.5, 0.6) is 0 Å². The average molecular weight is 407 g/mol. The van der Waals surface area contributed by atoms with Crippen molar-refractivity contribution in [3.63, 3.8) is 0 Å². The van der Waals surface area contributed by atoms with Gasteiger partial charge in [0.15, 0.2) is 0 Å². The zero-order valence-electron chi connectivity index (χ0n) is 18.6. The van der Waals surface area contributed by atoms with Crippen LogP contribution < -0.4 is 0 Å². The molecule has 0 saturated carbocycles. The summed E-state index contributed by atoms with van der Waals surface area (Å²) < 4.78 is 10.9. The molecule has 0 fully saturated rings. The zero-order chi connectivity index (χ0) is 22.4. The van der Waals surface area contributed by atoms with Crippen molar-refractivity contribution in [2.45, 2.75) is 52.7 Å². The lowest BCUT2D eigenvalue weighted by Gasteiger charge is -2.23. The van der Waals surface area contributed by atoms with Gasteiger partial charge in [-0.05, 0) is 64.3 Å². The van der Waals surface area contributed by atoms with E-state index in [1.165, 1.54) is 6.08 Å². The Hall–Kier alpha value is -3.14. The molecule has 0 saturated heterocycles. The molecule has 0 aromatic heterocycles. The maximum Gasteiger partial charge on any atom is 0.346 e. The van der Waals surface area contributed by atoms with Gasteiger partial charge < -0.3 is 9.47 Å². The number of esters is 2. The summed E-state index contributed by atoms with van der Waals surface area (Å²) >= 11 is 0. The molecule has 2 aromatic rings. The number of hydrogen-bond acceptors (Lipinski definition) is 4. The lowest BCUT2D eigenvalue weighted by Crippen LogP contribution is -2.31. The molecule has 0 radical (unpaired) electrons. The molecule has 0 aliphatic carbocycles. The number of carbonyl (C=O) groups is 2. The van der Waals surface area contributed by atoms with Crippen LogP contribution in [0.15, 0.2) is 78.4 Å². The maximum absolute atomic E-state index is 12.8. The van der Waals surface area contributed by atoms with Crippen LogP contribution in [0.2, 0.25) is 0 Å². The first-order valence-corrected chi connectivity index (χ1v) is 9.96. The number of ether oxygens (including phenoxy) is 2. The molecule has 0 unspecified atom stereocenters. The molecule has 0 amide bonds. The molecule has 0 spiro atoms. The highest BCUT2D eigenvalue weighted by Gasteiger charge is 2.28. The first-order valence-electron chi connectivity index (χ1n) is 9.96. The van der Waals surface area contributed by atoms with Crippen molar-refractivity contribution < 1.29 is 19.1 Å². The van der Waals surface area contributed by atoms with Crippen LogP contribution in [0.4, 0.5) is 0 Å². The minimum Gasteiger partial charge on any atom is -0.456 e. The van der Waals surface area contributed by atoms with Crippen LogP contribution in [-0.2, 0) is 19.1 Å². The fraction of sp³-hybridized carbons (Fsp3) is 0.308. The highest BCUT2D eigenvalue weighted by molar-refractivity contribution is 6.14. The Morgan fingerprint density at radius 2 is 1.00 bits per heavy atom. The quantitative estimate of drug-likeness (QED) is 0.209. The summed E-state index contributed by atoms with van der Waals surface area (Å²) in [4.78, 5) is 25.5. The average Bonchev–Trinajstić information content (AvgIpc) is 2.63. The molecular weight excluding hydrogens is 376 g/mol. The Balaban J connectivity index is 2.55. The van der Waals surface area contributed by atoms with Crippen molar-refractivity contribution in [3.05, 3.63) is 89.5 Å². The van der Waals surface area contributed by atoms with Gasteiger partial charge in [-0.15, -0.1) is 0 Å². The van der Waals surface area contributed by atoms with Gasteiger partial charge in [-0.3, -0.25) is 0 Å². The van der Waals surface area contributed by atoms with Gasteiger partial charge in [0.05, 0.1) is 0 Å². The van der Waals surface area contributed by atoms with Crippen LogP contribution in [0, 0.1) is 0 Å². The number of hydrogen-bond donors (Lipinski definition) is 0. The maximum atomic E-state index is 12.8. The van der Waals surface area contributed by atoms with Crippen molar-refractivity contribution in [2.24, 2.45) is 0 Å². The summed E-state index contributed by atoms with van der Waals surface area (Å²) in [5, 5.41) is 0. The highest BCUT2D eigenvalue weighted by atomic mass is 16.6. The van der Waals surface area contributed by atoms with Crippen LogP contribution in [0.1, 0.15) is 52.7 Å². The summed E-state index contributed by atoms with van der Waals surface area (Å²) in [6, 6.07) is 19.6. The summed E-state index contributed by atoms with van der Waals surface area (Å²) in [6.07, 6.45) is 3.24. The van der Waals surface area contributed by atoms with Crippen molar-refractivity contribution in [1.82, 2.24) is 0 Å². The SMILES string of the molecule is CC(C)(C)OC(=O)C(=CC=C(c1ccccc1)c1ccccc1)C(=O)OC(C)(C)C. The smallest absolute Gasteiger partial charge is 0.346 e. The van der Waals surface area contributed by atoms with Gasteiger partial charge in [-0.1, -0.05) is 66.7 Å². The Labute approximate surface area is 179 Å². The van der Waals surface area contributed by atoms with Crippen LogP contribution in [-0.4, -0.2) is 23.1 Å². The van der Waals surface area contributed by atoms with E-state index < -0.39 is 23.1 Å². The molecule has 2 aromatic carbocycles. The number of rotatable bonds is 5. The topological polar surface area (TPSA) is 52.6 Å². The fourth-order valence-electron chi connectivity index (χ4n) is 2.65. The molecule has 0 aliphatic rings. The van der Waals surface area contributed by atoms with Crippen LogP contribution >= 0.6 is 0 Å². The molecule has 4 heteroatoms. The minimum absolute atomic E-state index is 0.149. The second-order valence-electron chi connectivity index (χ2n) is 8.90. The van der Waals surface area contributed by atoms with Crippen LogP contribution in [0.25, 0.3) is 5.57 Å². The van der Waals surface area contributed by atoms with E-state index in [1.807, 2.05) is 60.7 Å². The van der Waals surface area contributed by atoms with E-state index in [0.29, 0.717) is 0 Å². The first kappa shape index (κ1) is 23.1. The minimum atomic E-state index is -0.733. The lowest BCUT2D eigenvalue weighted by molar-refractivity contribution is -0.158. The molecular formula is C26H30O4. The summed E-state index contributed by atoms with van der Waals surface area (Å²) in [7, 11) is 0. The standard InChI is InChI=1S/C26H30O4/c1-25(2,3)29-23(27)22(24(28)30-26(4,5)6)18-17-21(19-13-9-7-10-14-19)20-15-11-8-12-16-20/h7-18H,1-6H3. The molecule has 0 bridgehead atoms. The van der Waals surface area contributed by atoms with E-state index >= 15 is 0 Å². The van der Waals surface area contributed by atoms with Gasteiger partial charge in [0.25, 0.3) is 0 Å². The summed E-state index contributed by atoms with van der Waals surface area (Å²) in [5.74, 6) is -1.43. The third kappa shape index (κ3) is 7.36. The molecule has 30 heavy (non-hydrogen) atoms. The lowest BCUT2D eigenvalue weighted by atomic mass is 9.97. The van der Waals surface area contributed by atoms with E-state index in [-0.39, 0.29) is 5.57 Å². The van der Waals surface area contributed by atoms with E-state index in [9.17, 15) is 9.59 Å². The second kappa shape index (κ2) is 9.57. The molecule has 0 atom stereocenters. The summed E-state index contributed by atoms with van der Waals surface area (Å²) in [5.41, 5.74) is 1.19. The first-order chi connectivity index (χ1) is 14.0. The van der Waals surface area contributed by atoms with Gasteiger partial charge in [0, 0.05) is 0 Å². The highest BCUT2D eigenvalue weighted by Crippen LogP contribution is 2.24. The van der Waals surface area contributed by atoms with Gasteiger partial charge in [-0.2, -0.15) is 0 Å². The van der Waals surface area contributed by atoms with Crippen molar-refractivity contribution in [2.75, 3.05) is 0 Å². The molecule has 158 valence electrons. The van der Waals surface area contributed by atoms with Gasteiger partial charge in [0.1, 0.15) is 16.8 Å².